The first kappa shape index (κ1) is 12.6. The first-order chi connectivity index (χ1) is 8.29. The molecular formula is C13H21NO3. The van der Waals surface area contributed by atoms with Gasteiger partial charge in [0.25, 0.3) is 0 Å². The SMILES string of the molecule is CCNCc1cc(COC2CCOC2)c(C)o1. The maximum atomic E-state index is 5.78. The van der Waals surface area contributed by atoms with Crippen LogP contribution in [0.15, 0.2) is 10.5 Å². The average molecular weight is 239 g/mol. The number of aryl methyl sites for hydroxylation is 1. The number of nitrogens with one attached hydrogen (secondary N) is 1. The Balaban J connectivity index is 1.84. The summed E-state index contributed by atoms with van der Waals surface area (Å²) in [5.74, 6) is 1.93. The van der Waals surface area contributed by atoms with Gasteiger partial charge in [-0.1, -0.05) is 6.92 Å². The number of hydrogen-bond acceptors (Lipinski definition) is 4. The Labute approximate surface area is 102 Å². The van der Waals surface area contributed by atoms with Gasteiger partial charge in [-0.2, -0.15) is 0 Å². The van der Waals surface area contributed by atoms with Gasteiger partial charge in [-0.3, -0.25) is 0 Å². The van der Waals surface area contributed by atoms with Gasteiger partial charge in [-0.05, 0) is 26.0 Å². The molecule has 0 bridgehead atoms. The fourth-order valence-electron chi connectivity index (χ4n) is 1.92. The lowest BCUT2D eigenvalue weighted by molar-refractivity contribution is 0.0312. The van der Waals surface area contributed by atoms with Crippen LogP contribution in [-0.2, 0) is 22.6 Å². The van der Waals surface area contributed by atoms with Gasteiger partial charge < -0.3 is 19.2 Å². The standard InChI is InChI=1S/C13H21NO3/c1-3-14-7-13-6-11(10(2)17-13)8-16-12-4-5-15-9-12/h6,12,14H,3-5,7-9H2,1-2H3. The van der Waals surface area contributed by atoms with E-state index in [-0.39, 0.29) is 6.10 Å². The van der Waals surface area contributed by atoms with Crippen molar-refractivity contribution in [3.8, 4) is 0 Å². The molecule has 0 saturated carbocycles. The molecule has 4 heteroatoms. The number of hydrogen-bond donors (Lipinski definition) is 1. The second kappa shape index (κ2) is 6.19. The van der Waals surface area contributed by atoms with E-state index in [2.05, 4.69) is 18.3 Å². The van der Waals surface area contributed by atoms with Crippen LogP contribution in [0, 0.1) is 6.92 Å². The summed E-state index contributed by atoms with van der Waals surface area (Å²) < 4.78 is 16.7. The zero-order valence-corrected chi connectivity index (χ0v) is 10.6. The first-order valence-corrected chi connectivity index (χ1v) is 6.28. The molecule has 2 heterocycles. The van der Waals surface area contributed by atoms with Crippen LogP contribution in [0.25, 0.3) is 0 Å². The van der Waals surface area contributed by atoms with Crippen LogP contribution in [0.4, 0.5) is 0 Å². The quantitative estimate of drug-likeness (QED) is 0.824. The summed E-state index contributed by atoms with van der Waals surface area (Å²) in [6.45, 7) is 7.96. The van der Waals surface area contributed by atoms with Gasteiger partial charge in [0, 0.05) is 12.2 Å². The summed E-state index contributed by atoms with van der Waals surface area (Å²) in [4.78, 5) is 0. The first-order valence-electron chi connectivity index (χ1n) is 6.28. The van der Waals surface area contributed by atoms with E-state index in [0.717, 1.165) is 49.8 Å². The van der Waals surface area contributed by atoms with Crippen LogP contribution in [0.3, 0.4) is 0 Å². The van der Waals surface area contributed by atoms with Crippen LogP contribution in [0.2, 0.25) is 0 Å². The molecule has 1 N–H and O–H groups in total. The summed E-state index contributed by atoms with van der Waals surface area (Å²) in [5.41, 5.74) is 1.14. The predicted octanol–water partition coefficient (Wildman–Crippen LogP) is 2.00. The molecule has 0 aromatic carbocycles. The molecule has 1 fully saturated rings. The Morgan fingerprint density at radius 3 is 3.12 bits per heavy atom. The van der Waals surface area contributed by atoms with Crippen molar-refractivity contribution in [3.05, 3.63) is 23.2 Å². The topological polar surface area (TPSA) is 43.6 Å². The van der Waals surface area contributed by atoms with Crippen molar-refractivity contribution in [2.24, 2.45) is 0 Å². The monoisotopic (exact) mass is 239 g/mol. The van der Waals surface area contributed by atoms with E-state index in [9.17, 15) is 0 Å². The predicted molar refractivity (Wildman–Crippen MR) is 64.8 cm³/mol. The summed E-state index contributed by atoms with van der Waals surface area (Å²) >= 11 is 0. The fraction of sp³-hybridized carbons (Fsp3) is 0.692. The molecule has 17 heavy (non-hydrogen) atoms. The third-order valence-corrected chi connectivity index (χ3v) is 2.98. The van der Waals surface area contributed by atoms with E-state index in [0.29, 0.717) is 6.61 Å². The van der Waals surface area contributed by atoms with E-state index in [1.54, 1.807) is 0 Å². The zero-order valence-electron chi connectivity index (χ0n) is 10.6. The van der Waals surface area contributed by atoms with Crippen LogP contribution in [0.5, 0.6) is 0 Å². The minimum atomic E-state index is 0.251. The summed E-state index contributed by atoms with van der Waals surface area (Å²) in [6, 6.07) is 2.08. The molecule has 1 aromatic rings. The van der Waals surface area contributed by atoms with Gasteiger partial charge in [0.2, 0.25) is 0 Å². The number of ether oxygens (including phenoxy) is 2. The van der Waals surface area contributed by atoms with E-state index < -0.39 is 0 Å². The van der Waals surface area contributed by atoms with Crippen molar-refractivity contribution < 1.29 is 13.9 Å². The molecule has 0 spiro atoms. The molecule has 1 aromatic heterocycles. The van der Waals surface area contributed by atoms with E-state index >= 15 is 0 Å². The number of rotatable bonds is 6. The van der Waals surface area contributed by atoms with Crippen LogP contribution in [-0.4, -0.2) is 25.9 Å². The molecule has 2 rings (SSSR count). The summed E-state index contributed by atoms with van der Waals surface area (Å²) in [5, 5.41) is 3.25. The summed E-state index contributed by atoms with van der Waals surface area (Å²) in [6.07, 6.45) is 1.25. The maximum absolute atomic E-state index is 5.78. The Bertz CT molecular complexity index is 342. The van der Waals surface area contributed by atoms with E-state index in [1.165, 1.54) is 0 Å². The molecular weight excluding hydrogens is 218 g/mol. The van der Waals surface area contributed by atoms with E-state index in [1.807, 2.05) is 6.92 Å². The minimum Gasteiger partial charge on any atom is -0.465 e. The van der Waals surface area contributed by atoms with Gasteiger partial charge in [-0.15, -0.1) is 0 Å². The highest BCUT2D eigenvalue weighted by molar-refractivity contribution is 5.20. The molecule has 96 valence electrons. The van der Waals surface area contributed by atoms with Gasteiger partial charge >= 0.3 is 0 Å². The van der Waals surface area contributed by atoms with Crippen molar-refractivity contribution in [3.63, 3.8) is 0 Å². The maximum Gasteiger partial charge on any atom is 0.118 e. The van der Waals surface area contributed by atoms with Gasteiger partial charge in [0.1, 0.15) is 11.5 Å². The van der Waals surface area contributed by atoms with Crippen molar-refractivity contribution in [1.82, 2.24) is 5.32 Å². The molecule has 1 aliphatic rings. The lowest BCUT2D eigenvalue weighted by Crippen LogP contribution is -2.12. The number of furan rings is 1. The van der Waals surface area contributed by atoms with Crippen LogP contribution in [0.1, 0.15) is 30.4 Å². The van der Waals surface area contributed by atoms with Crippen molar-refractivity contribution in [2.45, 2.75) is 39.5 Å². The van der Waals surface area contributed by atoms with Crippen molar-refractivity contribution in [2.75, 3.05) is 19.8 Å². The Kier molecular flexibility index (Phi) is 4.59. The Morgan fingerprint density at radius 2 is 2.41 bits per heavy atom. The zero-order chi connectivity index (χ0) is 12.1. The van der Waals surface area contributed by atoms with Gasteiger partial charge in [-0.25, -0.2) is 0 Å². The molecule has 1 unspecified atom stereocenters. The minimum absolute atomic E-state index is 0.251. The van der Waals surface area contributed by atoms with Gasteiger partial charge in [0.15, 0.2) is 0 Å². The molecule has 0 radical (unpaired) electrons. The Hall–Kier alpha value is -0.840. The van der Waals surface area contributed by atoms with Crippen LogP contribution < -0.4 is 5.32 Å². The molecule has 1 atom stereocenters. The Morgan fingerprint density at radius 1 is 1.53 bits per heavy atom. The highest BCUT2D eigenvalue weighted by Gasteiger charge is 2.17. The summed E-state index contributed by atoms with van der Waals surface area (Å²) in [7, 11) is 0. The largest absolute Gasteiger partial charge is 0.465 e. The highest BCUT2D eigenvalue weighted by Crippen LogP contribution is 2.18. The second-order valence-electron chi connectivity index (χ2n) is 4.37. The molecule has 1 saturated heterocycles. The van der Waals surface area contributed by atoms with Crippen LogP contribution >= 0.6 is 0 Å². The fourth-order valence-corrected chi connectivity index (χ4v) is 1.92. The lowest BCUT2D eigenvalue weighted by Gasteiger charge is -2.08. The highest BCUT2D eigenvalue weighted by atomic mass is 16.5. The second-order valence-corrected chi connectivity index (χ2v) is 4.37. The smallest absolute Gasteiger partial charge is 0.118 e. The normalized spacial score (nSPS) is 20.0. The lowest BCUT2D eigenvalue weighted by atomic mass is 10.2. The third kappa shape index (κ3) is 3.56. The molecule has 0 amide bonds. The average Bonchev–Trinajstić information content (AvgIpc) is 2.93. The molecule has 1 aliphatic heterocycles. The molecule has 0 aliphatic carbocycles. The van der Waals surface area contributed by atoms with Crippen molar-refractivity contribution in [1.29, 1.82) is 0 Å². The third-order valence-electron chi connectivity index (χ3n) is 2.98. The van der Waals surface area contributed by atoms with E-state index in [4.69, 9.17) is 13.9 Å². The van der Waals surface area contributed by atoms with Gasteiger partial charge in [0.05, 0.1) is 25.9 Å². The molecule has 4 nitrogen and oxygen atoms in total. The van der Waals surface area contributed by atoms with Crippen molar-refractivity contribution >= 4 is 0 Å².